The molecule has 1 N–H and O–H groups in total. The van der Waals surface area contributed by atoms with Crippen molar-refractivity contribution in [1.29, 1.82) is 0 Å². The largest absolute Gasteiger partial charge is 0.481 e. The van der Waals surface area contributed by atoms with Crippen LogP contribution in [0.15, 0.2) is 16.6 Å². The summed E-state index contributed by atoms with van der Waals surface area (Å²) in [5, 5.41) is 8.73. The topological polar surface area (TPSA) is 37.3 Å². The van der Waals surface area contributed by atoms with Crippen LogP contribution in [0.1, 0.15) is 36.0 Å². The molecule has 0 bridgehead atoms. The van der Waals surface area contributed by atoms with Crippen LogP contribution in [0.2, 0.25) is 0 Å². The van der Waals surface area contributed by atoms with E-state index in [0.29, 0.717) is 0 Å². The molecule has 0 saturated heterocycles. The van der Waals surface area contributed by atoms with Crippen LogP contribution < -0.4 is 0 Å². The Kier molecular flexibility index (Phi) is 3.91. The van der Waals surface area contributed by atoms with Gasteiger partial charge in [-0.3, -0.25) is 4.79 Å². The van der Waals surface area contributed by atoms with Crippen molar-refractivity contribution in [3.63, 3.8) is 0 Å². The molecule has 0 radical (unpaired) electrons. The number of rotatable bonds is 3. The van der Waals surface area contributed by atoms with Gasteiger partial charge in [-0.2, -0.15) is 0 Å². The predicted molar refractivity (Wildman–Crippen MR) is 64.3 cm³/mol. The van der Waals surface area contributed by atoms with Crippen molar-refractivity contribution in [2.24, 2.45) is 0 Å². The molecule has 1 rings (SSSR count). The van der Waals surface area contributed by atoms with Crippen LogP contribution in [0.5, 0.6) is 0 Å². The SMILES string of the molecule is Cc1cc(C(C)CC(=O)O)cc(C)c1Br. The van der Waals surface area contributed by atoms with Crippen molar-refractivity contribution < 1.29 is 9.90 Å². The minimum Gasteiger partial charge on any atom is -0.481 e. The summed E-state index contributed by atoms with van der Waals surface area (Å²) in [6.07, 6.45) is 0.181. The Hall–Kier alpha value is -0.830. The number of carboxylic acid groups (broad SMARTS) is 1. The lowest BCUT2D eigenvalue weighted by atomic mass is 9.95. The number of hydrogen-bond donors (Lipinski definition) is 1. The van der Waals surface area contributed by atoms with Gasteiger partial charge in [0.25, 0.3) is 0 Å². The predicted octanol–water partition coefficient (Wildman–Crippen LogP) is 3.64. The fourth-order valence-electron chi connectivity index (χ4n) is 1.64. The first-order chi connectivity index (χ1) is 6.91. The zero-order chi connectivity index (χ0) is 11.6. The quantitative estimate of drug-likeness (QED) is 0.911. The molecule has 15 heavy (non-hydrogen) atoms. The Labute approximate surface area is 98.4 Å². The molecule has 1 unspecified atom stereocenters. The lowest BCUT2D eigenvalue weighted by Gasteiger charge is -2.13. The van der Waals surface area contributed by atoms with E-state index in [1.807, 2.05) is 32.9 Å². The zero-order valence-corrected chi connectivity index (χ0v) is 10.8. The van der Waals surface area contributed by atoms with Crippen molar-refractivity contribution >= 4 is 21.9 Å². The Morgan fingerprint density at radius 3 is 2.27 bits per heavy atom. The van der Waals surface area contributed by atoms with Crippen LogP contribution in [0.4, 0.5) is 0 Å². The first-order valence-corrected chi connectivity index (χ1v) is 5.69. The summed E-state index contributed by atoms with van der Waals surface area (Å²) in [6, 6.07) is 4.09. The number of carboxylic acids is 1. The molecule has 1 aromatic carbocycles. The Morgan fingerprint density at radius 2 is 1.87 bits per heavy atom. The van der Waals surface area contributed by atoms with Gasteiger partial charge in [-0.1, -0.05) is 35.0 Å². The molecule has 0 saturated carbocycles. The number of carbonyl (C=O) groups is 1. The van der Waals surface area contributed by atoms with Gasteiger partial charge in [-0.15, -0.1) is 0 Å². The van der Waals surface area contributed by atoms with Gasteiger partial charge in [0.05, 0.1) is 6.42 Å². The minimum atomic E-state index is -0.749. The van der Waals surface area contributed by atoms with Crippen LogP contribution in [0, 0.1) is 13.8 Å². The Morgan fingerprint density at radius 1 is 1.40 bits per heavy atom. The molecule has 1 atom stereocenters. The van der Waals surface area contributed by atoms with Gasteiger partial charge in [-0.25, -0.2) is 0 Å². The van der Waals surface area contributed by atoms with Crippen LogP contribution >= 0.6 is 15.9 Å². The van der Waals surface area contributed by atoms with Crippen LogP contribution in [0.25, 0.3) is 0 Å². The van der Waals surface area contributed by atoms with Gasteiger partial charge >= 0.3 is 5.97 Å². The highest BCUT2D eigenvalue weighted by atomic mass is 79.9. The molecule has 0 aliphatic heterocycles. The van der Waals surface area contributed by atoms with Crippen molar-refractivity contribution in [2.45, 2.75) is 33.1 Å². The monoisotopic (exact) mass is 270 g/mol. The van der Waals surface area contributed by atoms with E-state index in [1.165, 1.54) is 0 Å². The number of hydrogen-bond acceptors (Lipinski definition) is 1. The maximum Gasteiger partial charge on any atom is 0.303 e. The van der Waals surface area contributed by atoms with Crippen molar-refractivity contribution in [2.75, 3.05) is 0 Å². The van der Waals surface area contributed by atoms with E-state index in [1.54, 1.807) is 0 Å². The molecule has 0 heterocycles. The van der Waals surface area contributed by atoms with Crippen molar-refractivity contribution in [1.82, 2.24) is 0 Å². The van der Waals surface area contributed by atoms with Gasteiger partial charge in [0.1, 0.15) is 0 Å². The molecule has 82 valence electrons. The van der Waals surface area contributed by atoms with E-state index < -0.39 is 5.97 Å². The first kappa shape index (κ1) is 12.2. The Bertz CT molecular complexity index is 362. The van der Waals surface area contributed by atoms with Gasteiger partial charge < -0.3 is 5.11 Å². The third kappa shape index (κ3) is 3.06. The molecule has 0 aromatic heterocycles. The molecule has 0 amide bonds. The second-order valence-electron chi connectivity index (χ2n) is 3.97. The van der Waals surface area contributed by atoms with Crippen molar-refractivity contribution in [3.8, 4) is 0 Å². The highest BCUT2D eigenvalue weighted by molar-refractivity contribution is 9.10. The number of benzene rings is 1. The maximum absolute atomic E-state index is 10.6. The molecule has 3 heteroatoms. The summed E-state index contributed by atoms with van der Waals surface area (Å²) in [6.45, 7) is 5.98. The molecule has 2 nitrogen and oxygen atoms in total. The summed E-state index contributed by atoms with van der Waals surface area (Å²) in [5.41, 5.74) is 3.40. The second kappa shape index (κ2) is 4.79. The molecule has 0 fully saturated rings. The molecule has 1 aromatic rings. The smallest absolute Gasteiger partial charge is 0.303 e. The third-order valence-electron chi connectivity index (χ3n) is 2.51. The molecule has 0 aliphatic rings. The number of aryl methyl sites for hydroxylation is 2. The second-order valence-corrected chi connectivity index (χ2v) is 4.76. The van der Waals surface area contributed by atoms with Crippen LogP contribution in [-0.4, -0.2) is 11.1 Å². The summed E-state index contributed by atoms with van der Waals surface area (Å²) in [5.74, 6) is -0.686. The van der Waals surface area contributed by atoms with E-state index in [-0.39, 0.29) is 12.3 Å². The van der Waals surface area contributed by atoms with E-state index >= 15 is 0 Å². The minimum absolute atomic E-state index is 0.0630. The average Bonchev–Trinajstić information content (AvgIpc) is 2.12. The number of halogens is 1. The molecule has 0 spiro atoms. The zero-order valence-electron chi connectivity index (χ0n) is 9.17. The fourth-order valence-corrected chi connectivity index (χ4v) is 1.87. The van der Waals surface area contributed by atoms with E-state index in [2.05, 4.69) is 15.9 Å². The van der Waals surface area contributed by atoms with Crippen LogP contribution in [-0.2, 0) is 4.79 Å². The van der Waals surface area contributed by atoms with Gasteiger partial charge in [-0.05, 0) is 36.5 Å². The third-order valence-corrected chi connectivity index (χ3v) is 3.76. The molecular formula is C12H15BrO2. The highest BCUT2D eigenvalue weighted by Crippen LogP contribution is 2.27. The van der Waals surface area contributed by atoms with Gasteiger partial charge in [0, 0.05) is 4.47 Å². The van der Waals surface area contributed by atoms with Crippen molar-refractivity contribution in [3.05, 3.63) is 33.3 Å². The van der Waals surface area contributed by atoms with E-state index in [0.717, 1.165) is 21.2 Å². The average molecular weight is 271 g/mol. The maximum atomic E-state index is 10.6. The van der Waals surface area contributed by atoms with Crippen LogP contribution in [0.3, 0.4) is 0 Å². The highest BCUT2D eigenvalue weighted by Gasteiger charge is 2.12. The molecular weight excluding hydrogens is 256 g/mol. The van der Waals surface area contributed by atoms with E-state index in [9.17, 15) is 4.79 Å². The summed E-state index contributed by atoms with van der Waals surface area (Å²) in [4.78, 5) is 10.6. The fraction of sp³-hybridized carbons (Fsp3) is 0.417. The first-order valence-electron chi connectivity index (χ1n) is 4.90. The summed E-state index contributed by atoms with van der Waals surface area (Å²) >= 11 is 3.50. The summed E-state index contributed by atoms with van der Waals surface area (Å²) in [7, 11) is 0. The summed E-state index contributed by atoms with van der Waals surface area (Å²) < 4.78 is 1.11. The number of aliphatic carboxylic acids is 1. The lowest BCUT2D eigenvalue weighted by molar-refractivity contribution is -0.137. The standard InChI is InChI=1S/C12H15BrO2/c1-7(6-11(14)15)10-4-8(2)12(13)9(3)5-10/h4-5,7H,6H2,1-3H3,(H,14,15). The van der Waals surface area contributed by atoms with Gasteiger partial charge in [0.2, 0.25) is 0 Å². The van der Waals surface area contributed by atoms with Gasteiger partial charge in [0.15, 0.2) is 0 Å². The van der Waals surface area contributed by atoms with E-state index in [4.69, 9.17) is 5.11 Å². The Balaban J connectivity index is 3.00. The normalized spacial score (nSPS) is 12.5. The lowest BCUT2D eigenvalue weighted by Crippen LogP contribution is -2.03. The molecule has 0 aliphatic carbocycles.